The maximum atomic E-state index is 11.3. The lowest BCUT2D eigenvalue weighted by atomic mass is 10.4. The Labute approximate surface area is 101 Å². The molecule has 2 heterocycles. The molecule has 16 heavy (non-hydrogen) atoms. The van der Waals surface area contributed by atoms with E-state index in [9.17, 15) is 4.21 Å². The summed E-state index contributed by atoms with van der Waals surface area (Å²) >= 11 is 5.91. The van der Waals surface area contributed by atoms with Gasteiger partial charge in [0.15, 0.2) is 16.7 Å². The molecule has 1 aromatic heterocycles. The van der Waals surface area contributed by atoms with Crippen molar-refractivity contribution in [1.29, 1.82) is 0 Å². The molecular weight excluding hydrogens is 250 g/mol. The first-order valence-electron chi connectivity index (χ1n) is 4.87. The van der Waals surface area contributed by atoms with Gasteiger partial charge in [-0.15, -0.1) is 0 Å². The number of aromatic nitrogens is 2. The van der Waals surface area contributed by atoms with Gasteiger partial charge in [0.05, 0.1) is 7.11 Å². The molecule has 0 bridgehead atoms. The molecule has 0 radical (unpaired) electrons. The number of methoxy groups -OCH3 is 1. The highest BCUT2D eigenvalue weighted by Gasteiger charge is 2.21. The molecule has 0 aliphatic carbocycles. The van der Waals surface area contributed by atoms with Crippen molar-refractivity contribution in [2.75, 3.05) is 36.6 Å². The van der Waals surface area contributed by atoms with Crippen molar-refractivity contribution in [3.05, 3.63) is 11.5 Å². The Balaban J connectivity index is 2.26. The first-order valence-corrected chi connectivity index (χ1v) is 6.73. The van der Waals surface area contributed by atoms with E-state index in [0.717, 1.165) is 0 Å². The van der Waals surface area contributed by atoms with Crippen LogP contribution in [0.4, 0.5) is 5.82 Å². The molecule has 0 spiro atoms. The van der Waals surface area contributed by atoms with E-state index in [-0.39, 0.29) is 0 Å². The Morgan fingerprint density at radius 3 is 2.75 bits per heavy atom. The van der Waals surface area contributed by atoms with Crippen LogP contribution >= 0.6 is 11.6 Å². The van der Waals surface area contributed by atoms with Crippen molar-refractivity contribution in [3.63, 3.8) is 0 Å². The van der Waals surface area contributed by atoms with Gasteiger partial charge in [-0.1, -0.05) is 11.6 Å². The monoisotopic (exact) mass is 261 g/mol. The summed E-state index contributed by atoms with van der Waals surface area (Å²) in [5.41, 5.74) is 0. The minimum Gasteiger partial charge on any atom is -0.490 e. The van der Waals surface area contributed by atoms with Crippen LogP contribution in [0, 0.1) is 0 Å². The van der Waals surface area contributed by atoms with E-state index in [4.69, 9.17) is 16.3 Å². The lowest BCUT2D eigenvalue weighted by Gasteiger charge is -2.28. The molecule has 0 atom stereocenters. The third-order valence-electron chi connectivity index (χ3n) is 2.42. The molecule has 0 amide bonds. The standard InChI is InChI=1S/C9H12ClN3O2S/c1-15-7-8(10)11-6-12-9(7)13-2-4-16(14)5-3-13/h6H,2-5H2,1H3. The molecule has 7 heteroatoms. The van der Waals surface area contributed by atoms with Crippen LogP contribution in [0.15, 0.2) is 6.33 Å². The van der Waals surface area contributed by atoms with Crippen molar-refractivity contribution in [3.8, 4) is 5.75 Å². The molecular formula is C9H12ClN3O2S. The number of nitrogens with zero attached hydrogens (tertiary/aromatic N) is 3. The van der Waals surface area contributed by atoms with Crippen molar-refractivity contribution in [2.24, 2.45) is 0 Å². The van der Waals surface area contributed by atoms with Crippen molar-refractivity contribution < 1.29 is 8.95 Å². The van der Waals surface area contributed by atoms with Crippen molar-refractivity contribution in [1.82, 2.24) is 9.97 Å². The molecule has 2 rings (SSSR count). The summed E-state index contributed by atoms with van der Waals surface area (Å²) in [6, 6.07) is 0. The van der Waals surface area contributed by atoms with E-state index in [1.54, 1.807) is 0 Å². The number of halogens is 1. The lowest BCUT2D eigenvalue weighted by molar-refractivity contribution is 0.410. The molecule has 1 aromatic rings. The van der Waals surface area contributed by atoms with Crippen LogP contribution in [0.25, 0.3) is 0 Å². The number of hydrogen-bond acceptors (Lipinski definition) is 5. The predicted molar refractivity (Wildman–Crippen MR) is 63.7 cm³/mol. The van der Waals surface area contributed by atoms with Gasteiger partial charge in [-0.25, -0.2) is 9.97 Å². The van der Waals surface area contributed by atoms with E-state index in [2.05, 4.69) is 9.97 Å². The summed E-state index contributed by atoms with van der Waals surface area (Å²) in [6.45, 7) is 1.41. The SMILES string of the molecule is COc1c(Cl)ncnc1N1CCS(=O)CC1. The van der Waals surface area contributed by atoms with Crippen LogP contribution in [-0.2, 0) is 10.8 Å². The molecule has 0 saturated carbocycles. The number of hydrogen-bond donors (Lipinski definition) is 0. The first kappa shape index (κ1) is 11.6. The third-order valence-corrected chi connectivity index (χ3v) is 3.97. The fourth-order valence-electron chi connectivity index (χ4n) is 1.59. The van der Waals surface area contributed by atoms with Gasteiger partial charge in [0, 0.05) is 35.4 Å². The Hall–Kier alpha value is -0.880. The quantitative estimate of drug-likeness (QED) is 0.734. The van der Waals surface area contributed by atoms with Gasteiger partial charge in [0.2, 0.25) is 0 Å². The fraction of sp³-hybridized carbons (Fsp3) is 0.556. The van der Waals surface area contributed by atoms with Crippen LogP contribution in [0.5, 0.6) is 5.75 Å². The van der Waals surface area contributed by atoms with Crippen LogP contribution in [0.3, 0.4) is 0 Å². The second-order valence-corrected chi connectivity index (χ2v) is 5.41. The average molecular weight is 262 g/mol. The molecule has 0 unspecified atom stereocenters. The highest BCUT2D eigenvalue weighted by molar-refractivity contribution is 7.85. The summed E-state index contributed by atoms with van der Waals surface area (Å²) in [6.07, 6.45) is 1.41. The normalized spacial score (nSPS) is 17.5. The van der Waals surface area contributed by atoms with Gasteiger partial charge in [-0.3, -0.25) is 4.21 Å². The summed E-state index contributed by atoms with van der Waals surface area (Å²) in [5.74, 6) is 2.48. The molecule has 1 saturated heterocycles. The van der Waals surface area contributed by atoms with Gasteiger partial charge in [-0.2, -0.15) is 0 Å². The summed E-state index contributed by atoms with van der Waals surface area (Å²) < 4.78 is 16.4. The smallest absolute Gasteiger partial charge is 0.199 e. The van der Waals surface area contributed by atoms with E-state index in [1.165, 1.54) is 13.4 Å². The minimum atomic E-state index is -0.707. The maximum absolute atomic E-state index is 11.3. The summed E-state index contributed by atoms with van der Waals surface area (Å²) in [4.78, 5) is 10.1. The summed E-state index contributed by atoms with van der Waals surface area (Å²) in [7, 11) is 0.830. The second-order valence-electron chi connectivity index (χ2n) is 3.36. The van der Waals surface area contributed by atoms with Crippen LogP contribution in [0.2, 0.25) is 5.15 Å². The van der Waals surface area contributed by atoms with E-state index < -0.39 is 10.8 Å². The average Bonchev–Trinajstić information content (AvgIpc) is 2.30. The van der Waals surface area contributed by atoms with E-state index in [0.29, 0.717) is 41.3 Å². The molecule has 5 nitrogen and oxygen atoms in total. The van der Waals surface area contributed by atoms with Crippen LogP contribution in [0.1, 0.15) is 0 Å². The Kier molecular flexibility index (Phi) is 3.60. The van der Waals surface area contributed by atoms with Crippen LogP contribution < -0.4 is 9.64 Å². The molecule has 1 aliphatic rings. The van der Waals surface area contributed by atoms with E-state index >= 15 is 0 Å². The first-order chi connectivity index (χ1) is 7.72. The molecule has 0 N–H and O–H groups in total. The van der Waals surface area contributed by atoms with Gasteiger partial charge < -0.3 is 9.64 Å². The van der Waals surface area contributed by atoms with Crippen molar-refractivity contribution in [2.45, 2.75) is 0 Å². The minimum absolute atomic E-state index is 0.305. The Morgan fingerprint density at radius 2 is 2.12 bits per heavy atom. The lowest BCUT2D eigenvalue weighted by Crippen LogP contribution is -2.38. The van der Waals surface area contributed by atoms with Gasteiger partial charge in [-0.05, 0) is 0 Å². The Morgan fingerprint density at radius 1 is 1.44 bits per heavy atom. The van der Waals surface area contributed by atoms with E-state index in [1.807, 2.05) is 4.90 Å². The Bertz CT molecular complexity index is 406. The number of anilines is 1. The molecule has 0 aromatic carbocycles. The molecule has 1 fully saturated rings. The number of rotatable bonds is 2. The highest BCUT2D eigenvalue weighted by atomic mass is 35.5. The predicted octanol–water partition coefficient (Wildman–Crippen LogP) is 0.707. The number of ether oxygens (including phenoxy) is 1. The van der Waals surface area contributed by atoms with Gasteiger partial charge in [0.25, 0.3) is 0 Å². The molecule has 88 valence electrons. The molecule has 1 aliphatic heterocycles. The zero-order chi connectivity index (χ0) is 11.5. The van der Waals surface area contributed by atoms with Gasteiger partial charge >= 0.3 is 0 Å². The van der Waals surface area contributed by atoms with Crippen LogP contribution in [-0.4, -0.2) is 45.9 Å². The largest absolute Gasteiger partial charge is 0.490 e. The highest BCUT2D eigenvalue weighted by Crippen LogP contribution is 2.31. The maximum Gasteiger partial charge on any atom is 0.199 e. The topological polar surface area (TPSA) is 55.3 Å². The second kappa shape index (κ2) is 4.97. The fourth-order valence-corrected chi connectivity index (χ4v) is 2.85. The third kappa shape index (κ3) is 2.27. The summed E-state index contributed by atoms with van der Waals surface area (Å²) in [5, 5.41) is 0.305. The van der Waals surface area contributed by atoms with Crippen molar-refractivity contribution >= 4 is 28.2 Å². The zero-order valence-electron chi connectivity index (χ0n) is 8.85. The van der Waals surface area contributed by atoms with Gasteiger partial charge in [0.1, 0.15) is 6.33 Å². The zero-order valence-corrected chi connectivity index (χ0v) is 10.4.